The monoisotopic (exact) mass is 314 g/mol. The predicted molar refractivity (Wildman–Crippen MR) is 86.8 cm³/mol. The van der Waals surface area contributed by atoms with Gasteiger partial charge in [-0.3, -0.25) is 10.1 Å². The Morgan fingerprint density at radius 2 is 2.04 bits per heavy atom. The van der Waals surface area contributed by atoms with Crippen molar-refractivity contribution in [3.63, 3.8) is 0 Å². The molecule has 120 valence electrons. The number of anilines is 3. The van der Waals surface area contributed by atoms with Crippen LogP contribution in [0, 0.1) is 16.0 Å². The molecule has 0 amide bonds. The molecule has 3 heterocycles. The van der Waals surface area contributed by atoms with E-state index < -0.39 is 4.92 Å². The third-order valence-electron chi connectivity index (χ3n) is 3.98. The molecule has 1 saturated heterocycles. The van der Waals surface area contributed by atoms with Gasteiger partial charge in [0.25, 0.3) is 0 Å². The first kappa shape index (κ1) is 15.1. The molecule has 2 aromatic heterocycles. The maximum atomic E-state index is 11.6. The number of hydrogen-bond acceptors (Lipinski definition) is 7. The molecular weight excluding hydrogens is 296 g/mol. The van der Waals surface area contributed by atoms with Gasteiger partial charge >= 0.3 is 5.69 Å². The van der Waals surface area contributed by atoms with E-state index in [4.69, 9.17) is 0 Å². The van der Waals surface area contributed by atoms with E-state index in [1.165, 1.54) is 6.33 Å². The molecule has 23 heavy (non-hydrogen) atoms. The van der Waals surface area contributed by atoms with Crippen LogP contribution in [0.25, 0.3) is 0 Å². The van der Waals surface area contributed by atoms with Crippen LogP contribution in [-0.4, -0.2) is 33.0 Å². The summed E-state index contributed by atoms with van der Waals surface area (Å²) in [5, 5.41) is 14.5. The third-order valence-corrected chi connectivity index (χ3v) is 3.98. The number of nitro groups is 1. The summed E-state index contributed by atoms with van der Waals surface area (Å²) in [4.78, 5) is 25.4. The molecule has 0 spiro atoms. The van der Waals surface area contributed by atoms with Crippen LogP contribution < -0.4 is 10.2 Å². The minimum atomic E-state index is -0.432. The zero-order valence-electron chi connectivity index (χ0n) is 12.8. The van der Waals surface area contributed by atoms with Crippen LogP contribution in [-0.2, 0) is 0 Å². The predicted octanol–water partition coefficient (Wildman–Crippen LogP) is 2.76. The summed E-state index contributed by atoms with van der Waals surface area (Å²) in [6, 6.07) is 5.31. The van der Waals surface area contributed by atoms with Crippen molar-refractivity contribution in [1.29, 1.82) is 0 Å². The van der Waals surface area contributed by atoms with Crippen molar-refractivity contribution < 1.29 is 4.92 Å². The fourth-order valence-electron chi connectivity index (χ4n) is 2.64. The van der Waals surface area contributed by atoms with Gasteiger partial charge in [0, 0.05) is 19.3 Å². The fourth-order valence-corrected chi connectivity index (χ4v) is 2.64. The largest absolute Gasteiger partial charge is 0.353 e. The van der Waals surface area contributed by atoms with Crippen molar-refractivity contribution >= 4 is 23.1 Å². The number of pyridine rings is 1. The molecule has 0 bridgehead atoms. The highest BCUT2D eigenvalue weighted by atomic mass is 16.6. The van der Waals surface area contributed by atoms with Gasteiger partial charge in [-0.05, 0) is 30.9 Å². The van der Waals surface area contributed by atoms with Crippen molar-refractivity contribution in [2.24, 2.45) is 5.92 Å². The highest BCUT2D eigenvalue weighted by molar-refractivity contribution is 5.73. The zero-order chi connectivity index (χ0) is 16.2. The fraction of sp³-hybridized carbons (Fsp3) is 0.400. The van der Waals surface area contributed by atoms with Crippen LogP contribution in [0.15, 0.2) is 30.7 Å². The van der Waals surface area contributed by atoms with Gasteiger partial charge < -0.3 is 10.2 Å². The van der Waals surface area contributed by atoms with Crippen LogP contribution in [0.3, 0.4) is 0 Å². The Morgan fingerprint density at radius 1 is 1.26 bits per heavy atom. The molecule has 1 fully saturated rings. The van der Waals surface area contributed by atoms with E-state index in [0.29, 0.717) is 17.6 Å². The summed E-state index contributed by atoms with van der Waals surface area (Å²) in [5.74, 6) is 1.68. The Hall–Kier alpha value is -2.77. The first-order chi connectivity index (χ1) is 11.1. The van der Waals surface area contributed by atoms with Crippen molar-refractivity contribution in [1.82, 2.24) is 15.0 Å². The second-order valence-electron chi connectivity index (χ2n) is 5.66. The molecule has 0 atom stereocenters. The molecule has 0 radical (unpaired) electrons. The Labute approximate surface area is 133 Å². The quantitative estimate of drug-likeness (QED) is 0.684. The molecule has 1 aliphatic heterocycles. The number of rotatable bonds is 4. The minimum absolute atomic E-state index is 0.104. The highest BCUT2D eigenvalue weighted by Gasteiger charge is 2.29. The maximum Gasteiger partial charge on any atom is 0.353 e. The second kappa shape index (κ2) is 6.55. The first-order valence-electron chi connectivity index (χ1n) is 7.57. The van der Waals surface area contributed by atoms with Crippen molar-refractivity contribution in [3.8, 4) is 0 Å². The summed E-state index contributed by atoms with van der Waals surface area (Å²) >= 11 is 0. The number of hydrogen-bond donors (Lipinski definition) is 1. The standard InChI is InChI=1S/C15H18N6O2/c1-11-5-8-20(9-6-11)15-13(21(22)23)14(17-10-18-15)19-12-4-2-3-7-16-12/h2-4,7,10-11H,5-6,8-9H2,1H3,(H,16,17,18,19). The molecule has 8 nitrogen and oxygen atoms in total. The van der Waals surface area contributed by atoms with Gasteiger partial charge in [-0.15, -0.1) is 0 Å². The zero-order valence-corrected chi connectivity index (χ0v) is 12.8. The van der Waals surface area contributed by atoms with Gasteiger partial charge in [0.2, 0.25) is 11.6 Å². The lowest BCUT2D eigenvalue weighted by Gasteiger charge is -2.30. The van der Waals surface area contributed by atoms with Gasteiger partial charge in [0.1, 0.15) is 12.1 Å². The van der Waals surface area contributed by atoms with Crippen LogP contribution in [0.1, 0.15) is 19.8 Å². The van der Waals surface area contributed by atoms with Crippen LogP contribution in [0.4, 0.5) is 23.1 Å². The van der Waals surface area contributed by atoms with E-state index in [-0.39, 0.29) is 11.5 Å². The Kier molecular flexibility index (Phi) is 4.31. The molecule has 0 aliphatic carbocycles. The number of nitrogens with zero attached hydrogens (tertiary/aromatic N) is 5. The van der Waals surface area contributed by atoms with Crippen LogP contribution in [0.2, 0.25) is 0 Å². The number of piperidine rings is 1. The average Bonchev–Trinajstić information content (AvgIpc) is 2.56. The van der Waals surface area contributed by atoms with Gasteiger partial charge in [-0.1, -0.05) is 13.0 Å². The third kappa shape index (κ3) is 3.36. The van der Waals surface area contributed by atoms with Gasteiger partial charge in [0.05, 0.1) is 4.92 Å². The van der Waals surface area contributed by atoms with Gasteiger partial charge in [0.15, 0.2) is 0 Å². The summed E-state index contributed by atoms with van der Waals surface area (Å²) < 4.78 is 0. The summed E-state index contributed by atoms with van der Waals surface area (Å²) in [6.07, 6.45) is 4.97. The van der Waals surface area contributed by atoms with E-state index >= 15 is 0 Å². The van der Waals surface area contributed by atoms with E-state index in [2.05, 4.69) is 27.2 Å². The lowest BCUT2D eigenvalue weighted by atomic mass is 9.99. The van der Waals surface area contributed by atoms with E-state index in [0.717, 1.165) is 25.9 Å². The SMILES string of the molecule is CC1CCN(c2ncnc(Nc3ccccn3)c2[N+](=O)[O-])CC1. The van der Waals surface area contributed by atoms with Crippen LogP contribution in [0.5, 0.6) is 0 Å². The number of aromatic nitrogens is 3. The molecule has 2 aromatic rings. The molecular formula is C15H18N6O2. The van der Waals surface area contributed by atoms with E-state index in [1.54, 1.807) is 24.4 Å². The molecule has 1 aliphatic rings. The average molecular weight is 314 g/mol. The Bertz CT molecular complexity index is 686. The van der Waals surface area contributed by atoms with Crippen LogP contribution >= 0.6 is 0 Å². The lowest BCUT2D eigenvalue weighted by Crippen LogP contribution is -2.34. The number of nitrogens with one attached hydrogen (secondary N) is 1. The normalized spacial score (nSPS) is 15.4. The molecule has 0 saturated carbocycles. The van der Waals surface area contributed by atoms with Gasteiger partial charge in [-0.25, -0.2) is 15.0 Å². The minimum Gasteiger partial charge on any atom is -0.351 e. The highest BCUT2D eigenvalue weighted by Crippen LogP contribution is 2.34. The van der Waals surface area contributed by atoms with Crippen molar-refractivity contribution in [2.75, 3.05) is 23.3 Å². The second-order valence-corrected chi connectivity index (χ2v) is 5.66. The smallest absolute Gasteiger partial charge is 0.351 e. The lowest BCUT2D eigenvalue weighted by molar-refractivity contribution is -0.383. The Morgan fingerprint density at radius 3 is 2.70 bits per heavy atom. The summed E-state index contributed by atoms with van der Waals surface area (Å²) in [6.45, 7) is 3.73. The molecule has 0 aromatic carbocycles. The topological polar surface area (TPSA) is 97.1 Å². The van der Waals surface area contributed by atoms with E-state index in [1.807, 2.05) is 4.90 Å². The Balaban J connectivity index is 1.94. The summed E-state index contributed by atoms with van der Waals surface area (Å²) in [7, 11) is 0. The molecule has 8 heteroatoms. The molecule has 3 rings (SSSR count). The van der Waals surface area contributed by atoms with Crippen molar-refractivity contribution in [3.05, 3.63) is 40.8 Å². The van der Waals surface area contributed by atoms with Gasteiger partial charge in [-0.2, -0.15) is 0 Å². The molecule has 1 N–H and O–H groups in total. The summed E-state index contributed by atoms with van der Waals surface area (Å²) in [5.41, 5.74) is -0.104. The maximum absolute atomic E-state index is 11.6. The van der Waals surface area contributed by atoms with E-state index in [9.17, 15) is 10.1 Å². The van der Waals surface area contributed by atoms with Crippen molar-refractivity contribution in [2.45, 2.75) is 19.8 Å². The first-order valence-corrected chi connectivity index (χ1v) is 7.57. The molecule has 0 unspecified atom stereocenters.